The van der Waals surface area contributed by atoms with Gasteiger partial charge in [0.1, 0.15) is 5.58 Å². The summed E-state index contributed by atoms with van der Waals surface area (Å²) in [6.07, 6.45) is 4.18. The van der Waals surface area contributed by atoms with E-state index in [1.54, 1.807) is 36.4 Å². The van der Waals surface area contributed by atoms with E-state index in [9.17, 15) is 14.4 Å². The summed E-state index contributed by atoms with van der Waals surface area (Å²) in [5.41, 5.74) is 1.75. The molecule has 2 aromatic carbocycles. The molecule has 1 fully saturated rings. The molecule has 2 amide bonds. The van der Waals surface area contributed by atoms with Crippen LogP contribution in [-0.2, 0) is 0 Å². The Hall–Kier alpha value is -3.41. The van der Waals surface area contributed by atoms with E-state index in [2.05, 4.69) is 10.6 Å². The Morgan fingerprint density at radius 3 is 2.55 bits per heavy atom. The lowest BCUT2D eigenvalue weighted by Gasteiger charge is -2.15. The molecule has 3 aromatic rings. The van der Waals surface area contributed by atoms with Crippen molar-refractivity contribution in [2.24, 2.45) is 0 Å². The highest BCUT2D eigenvalue weighted by atomic mass is 16.3. The van der Waals surface area contributed by atoms with E-state index < -0.39 is 5.91 Å². The number of carbonyl (C=O) groups is 2. The summed E-state index contributed by atoms with van der Waals surface area (Å²) in [6, 6.07) is 13.4. The highest BCUT2D eigenvalue weighted by Gasteiger charge is 2.21. The molecule has 2 N–H and O–H groups in total. The van der Waals surface area contributed by atoms with Crippen LogP contribution in [0.1, 0.15) is 52.2 Å². The van der Waals surface area contributed by atoms with Gasteiger partial charge in [0.15, 0.2) is 11.2 Å². The fraction of sp³-hybridized carbons (Fsp3) is 0.261. The molecular weight excluding hydrogens is 368 g/mol. The van der Waals surface area contributed by atoms with Crippen LogP contribution in [0.25, 0.3) is 11.0 Å². The predicted molar refractivity (Wildman–Crippen MR) is 111 cm³/mol. The maximum Gasteiger partial charge on any atom is 0.291 e. The number of rotatable bonds is 4. The zero-order valence-corrected chi connectivity index (χ0v) is 16.2. The summed E-state index contributed by atoms with van der Waals surface area (Å²) in [7, 11) is 0. The largest absolute Gasteiger partial charge is 0.451 e. The lowest BCUT2D eigenvalue weighted by atomic mass is 10.1. The Bertz CT molecular complexity index is 1140. The third-order valence-electron chi connectivity index (χ3n) is 5.22. The first-order valence-corrected chi connectivity index (χ1v) is 9.77. The Labute approximate surface area is 167 Å². The fourth-order valence-corrected chi connectivity index (χ4v) is 3.69. The number of carbonyl (C=O) groups excluding carboxylic acids is 2. The van der Waals surface area contributed by atoms with Crippen molar-refractivity contribution < 1.29 is 14.0 Å². The third kappa shape index (κ3) is 4.06. The number of benzene rings is 2. The van der Waals surface area contributed by atoms with E-state index >= 15 is 0 Å². The van der Waals surface area contributed by atoms with Crippen LogP contribution in [0, 0.1) is 6.92 Å². The monoisotopic (exact) mass is 390 g/mol. The van der Waals surface area contributed by atoms with E-state index in [0.717, 1.165) is 31.2 Å². The molecule has 1 aliphatic carbocycles. The molecule has 0 spiro atoms. The van der Waals surface area contributed by atoms with Gasteiger partial charge in [0, 0.05) is 12.1 Å². The normalized spacial score (nSPS) is 14.1. The number of para-hydroxylation sites is 1. The molecule has 6 heteroatoms. The van der Waals surface area contributed by atoms with Crippen LogP contribution >= 0.6 is 0 Å². The molecular formula is C23H22N2O4. The minimum absolute atomic E-state index is 0.0997. The van der Waals surface area contributed by atoms with Crippen molar-refractivity contribution in [3.63, 3.8) is 0 Å². The summed E-state index contributed by atoms with van der Waals surface area (Å²) >= 11 is 0. The second-order valence-corrected chi connectivity index (χ2v) is 7.43. The molecule has 1 saturated carbocycles. The quantitative estimate of drug-likeness (QED) is 0.704. The molecule has 0 radical (unpaired) electrons. The average Bonchev–Trinajstić information content (AvgIpc) is 3.21. The zero-order valence-electron chi connectivity index (χ0n) is 16.2. The van der Waals surface area contributed by atoms with Gasteiger partial charge in [-0.25, -0.2) is 0 Å². The molecule has 1 aliphatic rings. The molecule has 1 aromatic heterocycles. The molecule has 148 valence electrons. The molecule has 0 bridgehead atoms. The molecule has 0 unspecified atom stereocenters. The van der Waals surface area contributed by atoms with Crippen molar-refractivity contribution >= 4 is 28.5 Å². The first kappa shape index (κ1) is 18.9. The van der Waals surface area contributed by atoms with Gasteiger partial charge in [-0.3, -0.25) is 14.4 Å². The zero-order chi connectivity index (χ0) is 20.4. The van der Waals surface area contributed by atoms with E-state index in [1.807, 2.05) is 13.0 Å². The van der Waals surface area contributed by atoms with Gasteiger partial charge in [-0.05, 0) is 44.0 Å². The van der Waals surface area contributed by atoms with Crippen LogP contribution in [0.5, 0.6) is 0 Å². The van der Waals surface area contributed by atoms with Crippen molar-refractivity contribution in [1.29, 1.82) is 0 Å². The standard InChI is InChI=1S/C23H22N2O4/c1-14-10-11-20-17(12-14)19(26)13-21(29-20)23(28)25-18-9-5-4-8-16(18)22(27)24-15-6-2-3-7-15/h4-5,8-13,15H,2-3,6-7H2,1H3,(H,24,27)(H,25,28). The maximum atomic E-state index is 12.7. The van der Waals surface area contributed by atoms with E-state index in [1.165, 1.54) is 6.07 Å². The highest BCUT2D eigenvalue weighted by Crippen LogP contribution is 2.21. The minimum atomic E-state index is -0.578. The van der Waals surface area contributed by atoms with Gasteiger partial charge in [-0.2, -0.15) is 0 Å². The van der Waals surface area contributed by atoms with Crippen LogP contribution in [0.3, 0.4) is 0 Å². The van der Waals surface area contributed by atoms with Gasteiger partial charge < -0.3 is 15.1 Å². The molecule has 0 aliphatic heterocycles. The Morgan fingerprint density at radius 2 is 1.76 bits per heavy atom. The number of fused-ring (bicyclic) bond motifs is 1. The van der Waals surface area contributed by atoms with Crippen molar-refractivity contribution in [2.75, 3.05) is 5.32 Å². The topological polar surface area (TPSA) is 88.4 Å². The van der Waals surface area contributed by atoms with Crippen LogP contribution in [-0.4, -0.2) is 17.9 Å². The number of amides is 2. The minimum Gasteiger partial charge on any atom is -0.451 e. The maximum absolute atomic E-state index is 12.7. The number of anilines is 1. The fourth-order valence-electron chi connectivity index (χ4n) is 3.69. The van der Waals surface area contributed by atoms with Crippen LogP contribution in [0.4, 0.5) is 5.69 Å². The predicted octanol–water partition coefficient (Wildman–Crippen LogP) is 4.03. The first-order valence-electron chi connectivity index (χ1n) is 9.77. The van der Waals surface area contributed by atoms with E-state index in [4.69, 9.17) is 4.42 Å². The Morgan fingerprint density at radius 1 is 1.00 bits per heavy atom. The van der Waals surface area contributed by atoms with Crippen LogP contribution < -0.4 is 16.1 Å². The number of hydrogen-bond acceptors (Lipinski definition) is 4. The van der Waals surface area contributed by atoms with Crippen molar-refractivity contribution in [1.82, 2.24) is 5.32 Å². The van der Waals surface area contributed by atoms with Crippen LogP contribution in [0.2, 0.25) is 0 Å². The number of hydrogen-bond donors (Lipinski definition) is 2. The molecule has 1 heterocycles. The van der Waals surface area contributed by atoms with Gasteiger partial charge >= 0.3 is 0 Å². The van der Waals surface area contributed by atoms with E-state index in [0.29, 0.717) is 22.2 Å². The van der Waals surface area contributed by atoms with Gasteiger partial charge in [-0.1, -0.05) is 36.6 Å². The number of nitrogens with one attached hydrogen (secondary N) is 2. The van der Waals surface area contributed by atoms with Crippen LogP contribution in [0.15, 0.2) is 57.7 Å². The number of aryl methyl sites for hydroxylation is 1. The lowest BCUT2D eigenvalue weighted by molar-refractivity contribution is 0.0938. The van der Waals surface area contributed by atoms with Crippen molar-refractivity contribution in [2.45, 2.75) is 38.6 Å². The molecule has 6 nitrogen and oxygen atoms in total. The molecule has 4 rings (SSSR count). The van der Waals surface area contributed by atoms with Crippen molar-refractivity contribution in [3.8, 4) is 0 Å². The summed E-state index contributed by atoms with van der Waals surface area (Å²) in [5, 5.41) is 6.16. The van der Waals surface area contributed by atoms with Gasteiger partial charge in [0.05, 0.1) is 16.6 Å². The Kier molecular flexibility index (Phi) is 5.16. The lowest BCUT2D eigenvalue weighted by Crippen LogP contribution is -2.33. The van der Waals surface area contributed by atoms with Crippen molar-refractivity contribution in [3.05, 3.63) is 75.6 Å². The molecule has 29 heavy (non-hydrogen) atoms. The summed E-state index contributed by atoms with van der Waals surface area (Å²) in [6.45, 7) is 1.88. The molecule has 0 saturated heterocycles. The summed E-state index contributed by atoms with van der Waals surface area (Å²) in [5.74, 6) is -0.897. The first-order chi connectivity index (χ1) is 14.0. The third-order valence-corrected chi connectivity index (χ3v) is 5.22. The average molecular weight is 390 g/mol. The second kappa shape index (κ2) is 7.91. The molecule has 0 atom stereocenters. The summed E-state index contributed by atoms with van der Waals surface area (Å²) in [4.78, 5) is 37.8. The van der Waals surface area contributed by atoms with E-state index in [-0.39, 0.29) is 23.1 Å². The van der Waals surface area contributed by atoms with Gasteiger partial charge in [-0.15, -0.1) is 0 Å². The highest BCUT2D eigenvalue weighted by molar-refractivity contribution is 6.08. The SMILES string of the molecule is Cc1ccc2oc(C(=O)Nc3ccccc3C(=O)NC3CCCC3)cc(=O)c2c1. The Balaban J connectivity index is 1.59. The van der Waals surface area contributed by atoms with Gasteiger partial charge in [0.2, 0.25) is 0 Å². The second-order valence-electron chi connectivity index (χ2n) is 7.43. The smallest absolute Gasteiger partial charge is 0.291 e. The summed E-state index contributed by atoms with van der Waals surface area (Å²) < 4.78 is 5.63. The van der Waals surface area contributed by atoms with Gasteiger partial charge in [0.25, 0.3) is 11.8 Å².